The number of halogens is 2. The summed E-state index contributed by atoms with van der Waals surface area (Å²) in [6, 6.07) is 3.72. The summed E-state index contributed by atoms with van der Waals surface area (Å²) < 4.78 is 26.1. The van der Waals surface area contributed by atoms with Crippen molar-refractivity contribution in [3.63, 3.8) is 0 Å². The molecule has 0 radical (unpaired) electrons. The van der Waals surface area contributed by atoms with Crippen LogP contribution in [-0.2, 0) is 11.2 Å². The van der Waals surface area contributed by atoms with Crippen LogP contribution in [-0.4, -0.2) is 36.5 Å². The molecule has 0 bridgehead atoms. The van der Waals surface area contributed by atoms with Gasteiger partial charge in [0.05, 0.1) is 0 Å². The van der Waals surface area contributed by atoms with E-state index in [2.05, 4.69) is 10.6 Å². The topological polar surface area (TPSA) is 41.1 Å². The van der Waals surface area contributed by atoms with E-state index in [1.807, 2.05) is 11.8 Å². The van der Waals surface area contributed by atoms with Crippen LogP contribution in [0.25, 0.3) is 0 Å². The number of carbonyl (C=O) groups excluding carboxylic acids is 1. The Morgan fingerprint density at radius 3 is 3.00 bits per heavy atom. The highest BCUT2D eigenvalue weighted by molar-refractivity contribution is 7.99. The molecule has 6 heteroatoms. The molecule has 1 fully saturated rings. The van der Waals surface area contributed by atoms with Crippen molar-refractivity contribution in [2.45, 2.75) is 18.9 Å². The van der Waals surface area contributed by atoms with Gasteiger partial charge in [0.25, 0.3) is 0 Å². The van der Waals surface area contributed by atoms with Crippen molar-refractivity contribution in [3.8, 4) is 0 Å². The highest BCUT2D eigenvalue weighted by atomic mass is 32.2. The molecule has 0 aliphatic carbocycles. The van der Waals surface area contributed by atoms with Crippen LogP contribution in [0.2, 0.25) is 0 Å². The van der Waals surface area contributed by atoms with Gasteiger partial charge in [0, 0.05) is 43.1 Å². The summed E-state index contributed by atoms with van der Waals surface area (Å²) in [5.74, 6) is 0.843. The first-order valence-electron chi connectivity index (χ1n) is 6.67. The van der Waals surface area contributed by atoms with E-state index < -0.39 is 11.6 Å². The number of hydrogen-bond acceptors (Lipinski definition) is 3. The molecule has 110 valence electrons. The van der Waals surface area contributed by atoms with Gasteiger partial charge in [-0.05, 0) is 18.1 Å². The van der Waals surface area contributed by atoms with E-state index in [-0.39, 0.29) is 11.9 Å². The normalized spacial score (nSPS) is 18.8. The Morgan fingerprint density at radius 1 is 1.45 bits per heavy atom. The van der Waals surface area contributed by atoms with Crippen molar-refractivity contribution in [1.82, 2.24) is 10.6 Å². The Bertz CT molecular complexity index is 464. The molecule has 3 nitrogen and oxygen atoms in total. The zero-order valence-electron chi connectivity index (χ0n) is 11.1. The van der Waals surface area contributed by atoms with Crippen LogP contribution in [0.5, 0.6) is 0 Å². The number of thioether (sulfide) groups is 1. The van der Waals surface area contributed by atoms with Gasteiger partial charge in [-0.2, -0.15) is 11.8 Å². The van der Waals surface area contributed by atoms with E-state index >= 15 is 0 Å². The first-order chi connectivity index (χ1) is 9.65. The summed E-state index contributed by atoms with van der Waals surface area (Å²) in [7, 11) is 0. The predicted molar refractivity (Wildman–Crippen MR) is 76.8 cm³/mol. The molecule has 1 amide bonds. The second kappa shape index (κ2) is 7.59. The Kier molecular flexibility index (Phi) is 5.79. The average molecular weight is 300 g/mol. The fourth-order valence-corrected chi connectivity index (χ4v) is 3.06. The molecule has 0 spiro atoms. The quantitative estimate of drug-likeness (QED) is 0.870. The molecule has 1 aliphatic heterocycles. The number of amides is 1. The average Bonchev–Trinajstić information content (AvgIpc) is 2.42. The van der Waals surface area contributed by atoms with Crippen molar-refractivity contribution < 1.29 is 13.6 Å². The van der Waals surface area contributed by atoms with E-state index in [1.165, 1.54) is 12.1 Å². The van der Waals surface area contributed by atoms with E-state index in [0.717, 1.165) is 24.1 Å². The van der Waals surface area contributed by atoms with Gasteiger partial charge in [0.15, 0.2) is 0 Å². The van der Waals surface area contributed by atoms with Crippen LogP contribution in [0.15, 0.2) is 18.2 Å². The lowest BCUT2D eigenvalue weighted by Crippen LogP contribution is -2.41. The van der Waals surface area contributed by atoms with E-state index in [9.17, 15) is 13.6 Å². The molecule has 1 aromatic carbocycles. The standard InChI is InChI=1S/C14H18F2N2OS/c15-11-2-1-10(13(16)7-11)3-4-18-14(19)8-12-9-20-6-5-17-12/h1-2,7,12,17H,3-6,8-9H2,(H,18,19). The van der Waals surface area contributed by atoms with Gasteiger partial charge in [-0.3, -0.25) is 4.79 Å². The minimum absolute atomic E-state index is 0.0347. The van der Waals surface area contributed by atoms with Crippen molar-refractivity contribution in [2.75, 3.05) is 24.6 Å². The summed E-state index contributed by atoms with van der Waals surface area (Å²) in [6.07, 6.45) is 0.809. The summed E-state index contributed by atoms with van der Waals surface area (Å²) in [5, 5.41) is 6.06. The molecule has 2 rings (SSSR count). The molecule has 1 saturated heterocycles. The smallest absolute Gasteiger partial charge is 0.221 e. The lowest BCUT2D eigenvalue weighted by molar-refractivity contribution is -0.121. The van der Waals surface area contributed by atoms with Gasteiger partial charge in [-0.15, -0.1) is 0 Å². The molecular formula is C14H18F2N2OS. The predicted octanol–water partition coefficient (Wildman–Crippen LogP) is 1.72. The third kappa shape index (κ3) is 4.76. The number of hydrogen-bond donors (Lipinski definition) is 2. The van der Waals surface area contributed by atoms with Gasteiger partial charge in [0.2, 0.25) is 5.91 Å². The van der Waals surface area contributed by atoms with Gasteiger partial charge in [-0.25, -0.2) is 8.78 Å². The molecule has 2 N–H and O–H groups in total. The SMILES string of the molecule is O=C(CC1CSCCN1)NCCc1ccc(F)cc1F. The summed E-state index contributed by atoms with van der Waals surface area (Å²) >= 11 is 1.84. The third-order valence-electron chi connectivity index (χ3n) is 3.16. The fourth-order valence-electron chi connectivity index (χ4n) is 2.11. The number of benzene rings is 1. The first-order valence-corrected chi connectivity index (χ1v) is 7.82. The lowest BCUT2D eigenvalue weighted by atomic mass is 10.1. The van der Waals surface area contributed by atoms with Crippen molar-refractivity contribution in [1.29, 1.82) is 0 Å². The first kappa shape index (κ1) is 15.3. The maximum absolute atomic E-state index is 13.4. The summed E-state index contributed by atoms with van der Waals surface area (Å²) in [6.45, 7) is 1.30. The monoisotopic (exact) mass is 300 g/mol. The molecule has 0 aromatic heterocycles. The highest BCUT2D eigenvalue weighted by Crippen LogP contribution is 2.11. The molecule has 1 aliphatic rings. The van der Waals surface area contributed by atoms with Crippen LogP contribution >= 0.6 is 11.8 Å². The second-order valence-electron chi connectivity index (χ2n) is 4.77. The molecule has 20 heavy (non-hydrogen) atoms. The van der Waals surface area contributed by atoms with Crippen molar-refractivity contribution in [3.05, 3.63) is 35.4 Å². The maximum atomic E-state index is 13.4. The number of carbonyl (C=O) groups is 1. The molecule has 1 unspecified atom stereocenters. The van der Waals surface area contributed by atoms with E-state index in [0.29, 0.717) is 24.9 Å². The van der Waals surface area contributed by atoms with Gasteiger partial charge in [-0.1, -0.05) is 6.07 Å². The van der Waals surface area contributed by atoms with Crippen molar-refractivity contribution >= 4 is 17.7 Å². The van der Waals surface area contributed by atoms with Crippen LogP contribution in [0, 0.1) is 11.6 Å². The lowest BCUT2D eigenvalue weighted by Gasteiger charge is -2.22. The highest BCUT2D eigenvalue weighted by Gasteiger charge is 2.16. The Labute approximate surface area is 121 Å². The van der Waals surface area contributed by atoms with E-state index in [1.54, 1.807) is 0 Å². The van der Waals surface area contributed by atoms with Crippen molar-refractivity contribution in [2.24, 2.45) is 0 Å². The molecule has 1 atom stereocenters. The van der Waals surface area contributed by atoms with Gasteiger partial charge < -0.3 is 10.6 Å². The largest absolute Gasteiger partial charge is 0.356 e. The zero-order chi connectivity index (χ0) is 14.4. The molecule has 0 saturated carbocycles. The van der Waals surface area contributed by atoms with Crippen LogP contribution < -0.4 is 10.6 Å². The zero-order valence-corrected chi connectivity index (χ0v) is 11.9. The fraction of sp³-hybridized carbons (Fsp3) is 0.500. The van der Waals surface area contributed by atoms with E-state index in [4.69, 9.17) is 0 Å². The second-order valence-corrected chi connectivity index (χ2v) is 5.92. The Balaban J connectivity index is 1.70. The molecule has 1 aromatic rings. The molecule has 1 heterocycles. The van der Waals surface area contributed by atoms with Gasteiger partial charge >= 0.3 is 0 Å². The van der Waals surface area contributed by atoms with Crippen LogP contribution in [0.3, 0.4) is 0 Å². The third-order valence-corrected chi connectivity index (χ3v) is 4.29. The number of nitrogens with one attached hydrogen (secondary N) is 2. The van der Waals surface area contributed by atoms with Crippen LogP contribution in [0.4, 0.5) is 8.78 Å². The van der Waals surface area contributed by atoms with Gasteiger partial charge in [0.1, 0.15) is 11.6 Å². The minimum atomic E-state index is -0.587. The number of rotatable bonds is 5. The molecular weight excluding hydrogens is 282 g/mol. The van der Waals surface area contributed by atoms with Crippen LogP contribution in [0.1, 0.15) is 12.0 Å². The maximum Gasteiger partial charge on any atom is 0.221 e. The Hall–Kier alpha value is -1.14. The summed E-state index contributed by atoms with van der Waals surface area (Å²) in [4.78, 5) is 11.7. The summed E-state index contributed by atoms with van der Waals surface area (Å²) in [5.41, 5.74) is 0.415. The Morgan fingerprint density at radius 2 is 2.30 bits per heavy atom. The minimum Gasteiger partial charge on any atom is -0.356 e.